The Morgan fingerprint density at radius 1 is 0.967 bits per heavy atom. The monoisotopic (exact) mass is 427 g/mol. The maximum atomic E-state index is 14.2. The van der Waals surface area contributed by atoms with Crippen LogP contribution in [0.25, 0.3) is 11.1 Å². The third-order valence-corrected chi connectivity index (χ3v) is 6.64. The number of carbonyl (C=O) groups is 1. The molecule has 0 saturated heterocycles. The molecule has 154 valence electrons. The minimum atomic E-state index is -3.29. The van der Waals surface area contributed by atoms with Gasteiger partial charge in [-0.1, -0.05) is 24.3 Å². The van der Waals surface area contributed by atoms with Gasteiger partial charge in [0, 0.05) is 23.6 Å². The van der Waals surface area contributed by atoms with Gasteiger partial charge in [0.2, 0.25) is 5.91 Å². The van der Waals surface area contributed by atoms with Crippen LogP contribution in [-0.4, -0.2) is 20.6 Å². The number of sulfone groups is 1. The first-order valence-electron chi connectivity index (χ1n) is 9.28. The van der Waals surface area contributed by atoms with E-state index in [4.69, 9.17) is 0 Å². The topological polar surface area (TPSA) is 63.2 Å². The zero-order valence-electron chi connectivity index (χ0n) is 16.4. The van der Waals surface area contributed by atoms with Gasteiger partial charge in [-0.25, -0.2) is 17.2 Å². The van der Waals surface area contributed by atoms with E-state index in [-0.39, 0.29) is 16.4 Å². The molecule has 1 heterocycles. The van der Waals surface area contributed by atoms with Crippen molar-refractivity contribution in [3.63, 3.8) is 0 Å². The van der Waals surface area contributed by atoms with E-state index < -0.39 is 26.9 Å². The molecular weight excluding hydrogens is 408 g/mol. The van der Waals surface area contributed by atoms with E-state index in [0.29, 0.717) is 17.7 Å². The first-order chi connectivity index (χ1) is 14.1. The average Bonchev–Trinajstić information content (AvgIpc) is 2.91. The Labute approximate surface area is 173 Å². The average molecular weight is 427 g/mol. The summed E-state index contributed by atoms with van der Waals surface area (Å²) in [6.07, 6.45) is 1.52. The Morgan fingerprint density at radius 3 is 2.30 bits per heavy atom. The molecule has 0 aliphatic carbocycles. The number of hydrogen-bond acceptors (Lipinski definition) is 3. The van der Waals surface area contributed by atoms with Gasteiger partial charge in [-0.15, -0.1) is 0 Å². The third-order valence-electron chi connectivity index (χ3n) is 5.51. The van der Waals surface area contributed by atoms with Crippen LogP contribution in [0.4, 0.5) is 14.5 Å². The fraction of sp³-hybridized carbons (Fsp3) is 0.174. The summed E-state index contributed by atoms with van der Waals surface area (Å²) in [5.74, 6) is -1.52. The zero-order valence-corrected chi connectivity index (χ0v) is 17.2. The molecule has 0 saturated carbocycles. The molecule has 1 unspecified atom stereocenters. The summed E-state index contributed by atoms with van der Waals surface area (Å²) in [5, 5.41) is 2.85. The summed E-state index contributed by atoms with van der Waals surface area (Å²) < 4.78 is 50.6. The van der Waals surface area contributed by atoms with Gasteiger partial charge >= 0.3 is 0 Å². The molecule has 3 aromatic rings. The second kappa shape index (κ2) is 7.02. The lowest BCUT2D eigenvalue weighted by Crippen LogP contribution is -2.33. The molecule has 1 aliphatic heterocycles. The largest absolute Gasteiger partial charge is 0.325 e. The number of fused-ring (bicyclic) bond motifs is 1. The third kappa shape index (κ3) is 3.50. The van der Waals surface area contributed by atoms with E-state index in [1.54, 1.807) is 30.3 Å². The Kier molecular flexibility index (Phi) is 4.73. The van der Waals surface area contributed by atoms with Gasteiger partial charge in [-0.3, -0.25) is 4.79 Å². The molecule has 1 atom stereocenters. The van der Waals surface area contributed by atoms with Crippen molar-refractivity contribution < 1.29 is 22.0 Å². The summed E-state index contributed by atoms with van der Waals surface area (Å²) in [6, 6.07) is 15.0. The number of hydrogen-bond donors (Lipinski definition) is 1. The van der Waals surface area contributed by atoms with E-state index in [1.165, 1.54) is 24.3 Å². The highest BCUT2D eigenvalue weighted by atomic mass is 32.2. The smallest absolute Gasteiger partial charge is 0.235 e. The normalized spacial score (nSPS) is 18.2. The molecule has 1 aliphatic rings. The van der Waals surface area contributed by atoms with E-state index in [0.717, 1.165) is 23.4 Å². The highest BCUT2D eigenvalue weighted by Crippen LogP contribution is 2.42. The highest BCUT2D eigenvalue weighted by molar-refractivity contribution is 7.90. The van der Waals surface area contributed by atoms with Crippen molar-refractivity contribution in [2.75, 3.05) is 11.6 Å². The summed E-state index contributed by atoms with van der Waals surface area (Å²) in [6.45, 7) is 1.82. The minimum absolute atomic E-state index is 0.193. The molecule has 0 radical (unpaired) electrons. The Bertz CT molecular complexity index is 1270. The van der Waals surface area contributed by atoms with Gasteiger partial charge in [0.05, 0.1) is 10.3 Å². The predicted molar refractivity (Wildman–Crippen MR) is 111 cm³/mol. The van der Waals surface area contributed by atoms with Crippen molar-refractivity contribution in [1.82, 2.24) is 0 Å². The molecule has 0 spiro atoms. The van der Waals surface area contributed by atoms with Crippen molar-refractivity contribution in [2.24, 2.45) is 0 Å². The maximum Gasteiger partial charge on any atom is 0.235 e. The van der Waals surface area contributed by atoms with Crippen LogP contribution in [-0.2, 0) is 26.5 Å². The molecule has 4 rings (SSSR count). The quantitative estimate of drug-likeness (QED) is 0.667. The number of benzene rings is 3. The maximum absolute atomic E-state index is 14.2. The fourth-order valence-electron chi connectivity index (χ4n) is 3.84. The van der Waals surface area contributed by atoms with Gasteiger partial charge in [0.1, 0.15) is 11.6 Å². The SMILES string of the molecule is CC1(Cc2ccc(S(C)(=O)=O)cc2)C(=O)Nc2cc(-c3ccc(F)cc3F)ccc21. The lowest BCUT2D eigenvalue weighted by molar-refractivity contribution is -0.120. The predicted octanol–water partition coefficient (Wildman–Crippen LogP) is 4.49. The summed E-state index contributed by atoms with van der Waals surface area (Å²) in [4.78, 5) is 13.0. The molecule has 1 amide bonds. The number of amides is 1. The fourth-order valence-corrected chi connectivity index (χ4v) is 4.47. The van der Waals surface area contributed by atoms with Crippen LogP contribution in [0.1, 0.15) is 18.1 Å². The van der Waals surface area contributed by atoms with Crippen LogP contribution in [0.3, 0.4) is 0 Å². The standard InChI is InChI=1S/C23H19F2NO3S/c1-23(13-14-3-7-17(8-4-14)30(2,28)29)19-10-5-15(11-21(19)26-22(23)27)18-9-6-16(24)12-20(18)25/h3-12H,13H2,1-2H3,(H,26,27). The number of anilines is 1. The number of carbonyl (C=O) groups excluding carboxylic acids is 1. The van der Waals surface area contributed by atoms with Crippen LogP contribution in [0.15, 0.2) is 65.6 Å². The second-order valence-corrected chi connectivity index (χ2v) is 9.78. The number of halogens is 2. The van der Waals surface area contributed by atoms with E-state index in [2.05, 4.69) is 5.32 Å². The number of nitrogens with one attached hydrogen (secondary N) is 1. The van der Waals surface area contributed by atoms with Crippen molar-refractivity contribution in [1.29, 1.82) is 0 Å². The first kappa shape index (κ1) is 20.2. The van der Waals surface area contributed by atoms with Gasteiger partial charge in [0.25, 0.3) is 0 Å². The summed E-state index contributed by atoms with van der Waals surface area (Å²) >= 11 is 0. The van der Waals surface area contributed by atoms with Crippen molar-refractivity contribution in [3.05, 3.63) is 83.4 Å². The molecule has 30 heavy (non-hydrogen) atoms. The molecular formula is C23H19F2NO3S. The van der Waals surface area contributed by atoms with E-state index >= 15 is 0 Å². The highest BCUT2D eigenvalue weighted by Gasteiger charge is 2.42. The molecule has 7 heteroatoms. The Morgan fingerprint density at radius 2 is 1.67 bits per heavy atom. The van der Waals surface area contributed by atoms with Gasteiger partial charge in [-0.2, -0.15) is 0 Å². The summed E-state index contributed by atoms with van der Waals surface area (Å²) in [7, 11) is -3.29. The van der Waals surface area contributed by atoms with Gasteiger partial charge in [-0.05, 0) is 60.4 Å². The van der Waals surface area contributed by atoms with Crippen LogP contribution >= 0.6 is 0 Å². The van der Waals surface area contributed by atoms with Crippen molar-refractivity contribution >= 4 is 21.4 Å². The van der Waals surface area contributed by atoms with Crippen molar-refractivity contribution in [3.8, 4) is 11.1 Å². The molecule has 3 aromatic carbocycles. The van der Waals surface area contributed by atoms with Crippen LogP contribution < -0.4 is 5.32 Å². The molecule has 0 bridgehead atoms. The molecule has 1 N–H and O–H groups in total. The van der Waals surface area contributed by atoms with Gasteiger partial charge < -0.3 is 5.32 Å². The van der Waals surface area contributed by atoms with E-state index in [9.17, 15) is 22.0 Å². The molecule has 0 fully saturated rings. The summed E-state index contributed by atoms with van der Waals surface area (Å²) in [5.41, 5.74) is 2.10. The first-order valence-corrected chi connectivity index (χ1v) is 11.2. The van der Waals surface area contributed by atoms with Crippen LogP contribution in [0.5, 0.6) is 0 Å². The van der Waals surface area contributed by atoms with Crippen LogP contribution in [0.2, 0.25) is 0 Å². The minimum Gasteiger partial charge on any atom is -0.325 e. The van der Waals surface area contributed by atoms with E-state index in [1.807, 2.05) is 6.92 Å². The molecule has 4 nitrogen and oxygen atoms in total. The second-order valence-electron chi connectivity index (χ2n) is 7.76. The number of rotatable bonds is 4. The van der Waals surface area contributed by atoms with Crippen LogP contribution in [0, 0.1) is 11.6 Å². The zero-order chi connectivity index (χ0) is 21.7. The Balaban J connectivity index is 1.68. The van der Waals surface area contributed by atoms with Crippen molar-refractivity contribution in [2.45, 2.75) is 23.7 Å². The lowest BCUT2D eigenvalue weighted by Gasteiger charge is -2.22. The molecule has 0 aromatic heterocycles. The Hall–Kier alpha value is -3.06. The lowest BCUT2D eigenvalue weighted by atomic mass is 9.78. The van der Waals surface area contributed by atoms with Gasteiger partial charge in [0.15, 0.2) is 9.84 Å².